The number of hydrogen-bond acceptors (Lipinski definition) is 4. The molecule has 0 heterocycles. The van der Waals surface area contributed by atoms with Crippen molar-refractivity contribution in [3.05, 3.63) is 0 Å². The summed E-state index contributed by atoms with van der Waals surface area (Å²) in [7, 11) is 1.49. The van der Waals surface area contributed by atoms with E-state index in [2.05, 4.69) is 5.32 Å². The fraction of sp³-hybridized carbons (Fsp3) is 0.818. The van der Waals surface area contributed by atoms with Crippen molar-refractivity contribution in [1.29, 1.82) is 0 Å². The molecule has 6 heteroatoms. The summed E-state index contributed by atoms with van der Waals surface area (Å²) in [6.45, 7) is 2.74. The van der Waals surface area contributed by atoms with E-state index in [9.17, 15) is 9.59 Å². The Kier molecular flexibility index (Phi) is 5.37. The van der Waals surface area contributed by atoms with Gasteiger partial charge in [0.2, 0.25) is 5.91 Å². The van der Waals surface area contributed by atoms with Crippen LogP contribution in [0.5, 0.6) is 0 Å². The Morgan fingerprint density at radius 2 is 2.24 bits per heavy atom. The Morgan fingerprint density at radius 3 is 2.76 bits per heavy atom. The maximum Gasteiger partial charge on any atom is 0.326 e. The normalized spacial score (nSPS) is 24.1. The number of aliphatic carboxylic acids is 1. The van der Waals surface area contributed by atoms with Crippen LogP contribution in [0.2, 0.25) is 0 Å². The maximum absolute atomic E-state index is 11.7. The van der Waals surface area contributed by atoms with Crippen molar-refractivity contribution in [2.75, 3.05) is 20.3 Å². The monoisotopic (exact) mass is 245 g/mol. The summed E-state index contributed by atoms with van der Waals surface area (Å²) in [6, 6.07) is -0.884. The second-order valence-electron chi connectivity index (χ2n) is 4.02. The summed E-state index contributed by atoms with van der Waals surface area (Å²) >= 11 is 0. The molecule has 1 fully saturated rings. The first-order valence-electron chi connectivity index (χ1n) is 5.73. The molecule has 0 aromatic carbocycles. The molecule has 0 radical (unpaired) electrons. The number of carbonyl (C=O) groups excluding carboxylic acids is 1. The average Bonchev–Trinajstić information content (AvgIpc) is 3.03. The van der Waals surface area contributed by atoms with Gasteiger partial charge in [-0.3, -0.25) is 4.79 Å². The molecule has 3 atom stereocenters. The first kappa shape index (κ1) is 13.9. The number of carboxylic acid groups (broad SMARTS) is 1. The van der Waals surface area contributed by atoms with Crippen molar-refractivity contribution in [3.8, 4) is 0 Å². The molecule has 0 aromatic heterocycles. The standard InChI is InChI=1S/C11H19NO5/c1-3-17-9-6-7(9)10(13)12-8(11(14)15)4-5-16-2/h7-9H,3-6H2,1-2H3,(H,12,13)(H,14,15). The average molecular weight is 245 g/mol. The zero-order valence-corrected chi connectivity index (χ0v) is 10.1. The highest BCUT2D eigenvalue weighted by Gasteiger charge is 2.44. The summed E-state index contributed by atoms with van der Waals surface area (Å²) in [4.78, 5) is 22.6. The number of rotatable bonds is 8. The fourth-order valence-electron chi connectivity index (χ4n) is 1.62. The van der Waals surface area contributed by atoms with Crippen LogP contribution in [0, 0.1) is 5.92 Å². The van der Waals surface area contributed by atoms with E-state index in [-0.39, 0.29) is 24.3 Å². The third kappa shape index (κ3) is 4.32. The van der Waals surface area contributed by atoms with Gasteiger partial charge in [-0.15, -0.1) is 0 Å². The van der Waals surface area contributed by atoms with E-state index >= 15 is 0 Å². The van der Waals surface area contributed by atoms with Gasteiger partial charge in [0, 0.05) is 26.7 Å². The molecule has 3 unspecified atom stereocenters. The van der Waals surface area contributed by atoms with Crippen molar-refractivity contribution < 1.29 is 24.2 Å². The molecule has 1 rings (SSSR count). The van der Waals surface area contributed by atoms with E-state index in [0.29, 0.717) is 19.6 Å². The summed E-state index contributed by atoms with van der Waals surface area (Å²) in [6.07, 6.45) is 0.900. The lowest BCUT2D eigenvalue weighted by Gasteiger charge is -2.13. The fourth-order valence-corrected chi connectivity index (χ4v) is 1.62. The Labute approximate surface area is 100 Å². The van der Waals surface area contributed by atoms with Gasteiger partial charge in [-0.05, 0) is 13.3 Å². The van der Waals surface area contributed by atoms with Gasteiger partial charge in [0.25, 0.3) is 0 Å². The Bertz CT molecular complexity index is 281. The Hall–Kier alpha value is -1.14. The molecular formula is C11H19NO5. The Balaban J connectivity index is 2.35. The van der Waals surface area contributed by atoms with Crippen LogP contribution in [-0.2, 0) is 19.1 Å². The number of hydrogen-bond donors (Lipinski definition) is 2. The van der Waals surface area contributed by atoms with Crippen LogP contribution in [0.3, 0.4) is 0 Å². The van der Waals surface area contributed by atoms with E-state index in [0.717, 1.165) is 0 Å². The molecule has 2 N–H and O–H groups in total. The summed E-state index contributed by atoms with van der Waals surface area (Å²) < 4.78 is 10.1. The van der Waals surface area contributed by atoms with Crippen molar-refractivity contribution in [2.45, 2.75) is 31.9 Å². The number of carboxylic acids is 1. The smallest absolute Gasteiger partial charge is 0.326 e. The SMILES string of the molecule is CCOC1CC1C(=O)NC(CCOC)C(=O)O. The lowest BCUT2D eigenvalue weighted by Crippen LogP contribution is -2.42. The van der Waals surface area contributed by atoms with Gasteiger partial charge in [0.1, 0.15) is 6.04 Å². The summed E-state index contributed by atoms with van der Waals surface area (Å²) in [5.74, 6) is -1.48. The van der Waals surface area contributed by atoms with Gasteiger partial charge in [-0.2, -0.15) is 0 Å². The molecule has 0 spiro atoms. The van der Waals surface area contributed by atoms with E-state index < -0.39 is 12.0 Å². The quantitative estimate of drug-likeness (QED) is 0.629. The largest absolute Gasteiger partial charge is 0.480 e. The van der Waals surface area contributed by atoms with Gasteiger partial charge in [0.15, 0.2) is 0 Å². The molecule has 98 valence electrons. The van der Waals surface area contributed by atoms with Crippen LogP contribution in [0.4, 0.5) is 0 Å². The summed E-state index contributed by atoms with van der Waals surface area (Å²) in [5.41, 5.74) is 0. The first-order chi connectivity index (χ1) is 8.10. The van der Waals surface area contributed by atoms with Crippen LogP contribution >= 0.6 is 0 Å². The molecule has 0 saturated heterocycles. The van der Waals surface area contributed by atoms with Gasteiger partial charge >= 0.3 is 5.97 Å². The number of nitrogens with one attached hydrogen (secondary N) is 1. The minimum Gasteiger partial charge on any atom is -0.480 e. The van der Waals surface area contributed by atoms with Crippen molar-refractivity contribution in [2.24, 2.45) is 5.92 Å². The van der Waals surface area contributed by atoms with Crippen molar-refractivity contribution in [3.63, 3.8) is 0 Å². The number of carbonyl (C=O) groups is 2. The van der Waals surface area contributed by atoms with Gasteiger partial charge < -0.3 is 19.9 Å². The predicted octanol–water partition coefficient (Wildman–Crippen LogP) is 0.0173. The Morgan fingerprint density at radius 1 is 1.53 bits per heavy atom. The highest BCUT2D eigenvalue weighted by atomic mass is 16.5. The van der Waals surface area contributed by atoms with E-state index in [1.165, 1.54) is 7.11 Å². The van der Waals surface area contributed by atoms with Gasteiger partial charge in [-0.25, -0.2) is 4.79 Å². The molecule has 6 nitrogen and oxygen atoms in total. The molecule has 0 aliphatic heterocycles. The van der Waals surface area contributed by atoms with Gasteiger partial charge in [-0.1, -0.05) is 0 Å². The maximum atomic E-state index is 11.7. The molecule has 0 bridgehead atoms. The molecular weight excluding hydrogens is 226 g/mol. The van der Waals surface area contributed by atoms with Crippen LogP contribution in [0.1, 0.15) is 19.8 Å². The molecule has 17 heavy (non-hydrogen) atoms. The number of ether oxygens (including phenoxy) is 2. The van der Waals surface area contributed by atoms with Crippen LogP contribution < -0.4 is 5.32 Å². The highest BCUT2D eigenvalue weighted by Crippen LogP contribution is 2.33. The van der Waals surface area contributed by atoms with E-state index in [4.69, 9.17) is 14.6 Å². The topological polar surface area (TPSA) is 84.9 Å². The second kappa shape index (κ2) is 6.56. The lowest BCUT2D eigenvalue weighted by atomic mass is 10.2. The van der Waals surface area contributed by atoms with Crippen molar-refractivity contribution in [1.82, 2.24) is 5.32 Å². The zero-order chi connectivity index (χ0) is 12.8. The number of amides is 1. The minimum atomic E-state index is -1.04. The van der Waals surface area contributed by atoms with Crippen LogP contribution in [0.15, 0.2) is 0 Å². The van der Waals surface area contributed by atoms with Crippen LogP contribution in [-0.4, -0.2) is 49.5 Å². The highest BCUT2D eigenvalue weighted by molar-refractivity contribution is 5.87. The van der Waals surface area contributed by atoms with Crippen LogP contribution in [0.25, 0.3) is 0 Å². The third-order valence-corrected chi connectivity index (χ3v) is 2.67. The molecule has 1 saturated carbocycles. The van der Waals surface area contributed by atoms with E-state index in [1.54, 1.807) is 0 Å². The molecule has 1 amide bonds. The predicted molar refractivity (Wildman–Crippen MR) is 59.6 cm³/mol. The van der Waals surface area contributed by atoms with E-state index in [1.807, 2.05) is 6.92 Å². The zero-order valence-electron chi connectivity index (χ0n) is 10.1. The first-order valence-corrected chi connectivity index (χ1v) is 5.73. The summed E-state index contributed by atoms with van der Waals surface area (Å²) in [5, 5.41) is 11.4. The number of methoxy groups -OCH3 is 1. The molecule has 1 aliphatic rings. The minimum absolute atomic E-state index is 0.0446. The molecule has 0 aromatic rings. The second-order valence-corrected chi connectivity index (χ2v) is 4.02. The molecule has 1 aliphatic carbocycles. The van der Waals surface area contributed by atoms with Crippen molar-refractivity contribution >= 4 is 11.9 Å². The third-order valence-electron chi connectivity index (χ3n) is 2.67. The lowest BCUT2D eigenvalue weighted by molar-refractivity contribution is -0.142. The van der Waals surface area contributed by atoms with Gasteiger partial charge in [0.05, 0.1) is 12.0 Å².